The lowest BCUT2D eigenvalue weighted by atomic mass is 9.55. The Bertz CT molecular complexity index is 3700. The van der Waals surface area contributed by atoms with Crippen LogP contribution in [0.25, 0.3) is 10.9 Å². The molecule has 2 aromatic carbocycles. The molecular weight excluding hydrogens is 1150 g/mol. The maximum atomic E-state index is 13.6. The summed E-state index contributed by atoms with van der Waals surface area (Å²) in [5.41, 5.74) is 9.01. The standard InChI is InChI=1S/C72H88N10O9/c1-43(83)89-60-35-59(49-33-57(85)65(86)62(34-49)88-30-23-44-9-8-27-75-38-44)91-66-52(60)18-16-50-17-19-53-58-14-7-26-72(53)64(68(87)79-54-13-4-3-10-47(54)11-5-25-71(50,66)37-45-15-20-56(84)61(31-45)90-58)67(82-40-48-22-29-76-55(48)41-82)80-69(81-72)78-42-70(24-6-12-51(70)39-74-2)36-46-21-28-77-63(73)32-46/h8-9,15,20-22,27,29,31-34,38,40-41,47,50-54,58-60,64,66-68,74,76-77,79,84-87H,3-4,6-7,10,12-14,16,18,23-26,28,30,35-37,39,42,73H2,1-2H3,(H2,78,80,81)/t47-,50+,51+,52+,53-,54+,58+,59+,60+,64-,66-,67-,68-,70+,71-,72+/m1/s1. The van der Waals surface area contributed by atoms with Crippen LogP contribution in [0.5, 0.6) is 28.7 Å². The van der Waals surface area contributed by atoms with Gasteiger partial charge in [-0.05, 0) is 160 Å². The van der Waals surface area contributed by atoms with E-state index in [4.69, 9.17) is 29.7 Å². The van der Waals surface area contributed by atoms with E-state index in [-0.39, 0.29) is 58.8 Å². The Balaban J connectivity index is 0.929. The molecule has 19 heteroatoms. The molecule has 16 atom stereocenters. The maximum Gasteiger partial charge on any atom is 0.302 e. The molecule has 4 saturated carbocycles. The second-order valence-electron chi connectivity index (χ2n) is 27.6. The van der Waals surface area contributed by atoms with E-state index < -0.39 is 65.6 Å². The number of aliphatic imine (C=N–C) groups is 1. The number of phenolic OH excluding ortho intramolecular Hbond substituents is 3. The first kappa shape index (κ1) is 60.7. The average Bonchev–Trinajstić information content (AvgIpc) is 1.54. The van der Waals surface area contributed by atoms with Gasteiger partial charge in [0.2, 0.25) is 5.75 Å². The number of guanidine groups is 1. The number of esters is 1. The number of aromatic hydroxyl groups is 3. The van der Waals surface area contributed by atoms with Crippen molar-refractivity contribution in [1.82, 2.24) is 41.1 Å². The van der Waals surface area contributed by atoms with Crippen LogP contribution >= 0.6 is 0 Å². The highest BCUT2D eigenvalue weighted by atomic mass is 16.6. The topological polar surface area (TPSA) is 267 Å². The molecule has 0 amide bonds. The zero-order valence-electron chi connectivity index (χ0n) is 52.3. The van der Waals surface area contributed by atoms with E-state index in [1.54, 1.807) is 24.5 Å². The fourth-order valence-corrected chi connectivity index (χ4v) is 17.9. The van der Waals surface area contributed by atoms with Crippen molar-refractivity contribution in [3.05, 3.63) is 120 Å². The second kappa shape index (κ2) is 25.4. The summed E-state index contributed by atoms with van der Waals surface area (Å²) in [5.74, 6) is 14.9. The van der Waals surface area contributed by atoms with E-state index >= 15 is 0 Å². The number of aromatic nitrogens is 3. The molecule has 19 nitrogen and oxygen atoms in total. The van der Waals surface area contributed by atoms with Crippen molar-refractivity contribution in [2.24, 2.45) is 57.1 Å². The number of hydrogen-bond acceptors (Lipinski definition) is 15. The fourth-order valence-electron chi connectivity index (χ4n) is 17.9. The number of aliphatic hydroxyl groups is 1. The van der Waals surface area contributed by atoms with Gasteiger partial charge in [-0.15, -0.1) is 5.92 Å². The van der Waals surface area contributed by atoms with Gasteiger partial charge in [-0.25, -0.2) is 0 Å². The number of benzene rings is 2. The third kappa shape index (κ3) is 11.8. The van der Waals surface area contributed by atoms with Crippen LogP contribution in [0.3, 0.4) is 0 Å². The number of aliphatic hydroxyl groups excluding tert-OH is 1. The summed E-state index contributed by atoms with van der Waals surface area (Å²) < 4.78 is 29.9. The average molecular weight is 1240 g/mol. The van der Waals surface area contributed by atoms with E-state index in [1.165, 1.54) is 18.6 Å². The molecule has 91 heavy (non-hydrogen) atoms. The molecular formula is C72H88N10O9. The van der Waals surface area contributed by atoms with Crippen LogP contribution in [0.2, 0.25) is 0 Å². The highest BCUT2D eigenvalue weighted by molar-refractivity contribution is 5.83. The minimum absolute atomic E-state index is 0.00948. The van der Waals surface area contributed by atoms with Crippen molar-refractivity contribution in [3.8, 4) is 52.4 Å². The summed E-state index contributed by atoms with van der Waals surface area (Å²) >= 11 is 0. The number of nitrogens with two attached hydrogens (primary N) is 1. The Morgan fingerprint density at radius 1 is 0.989 bits per heavy atom. The van der Waals surface area contributed by atoms with Crippen LogP contribution < -0.4 is 41.8 Å². The molecule has 0 radical (unpaired) electrons. The first-order valence-corrected chi connectivity index (χ1v) is 33.4. The summed E-state index contributed by atoms with van der Waals surface area (Å²) in [6.07, 6.45) is 22.5. The molecule has 480 valence electrons. The Labute approximate surface area is 532 Å². The van der Waals surface area contributed by atoms with Crippen LogP contribution in [0.4, 0.5) is 0 Å². The third-order valence-corrected chi connectivity index (χ3v) is 22.2. The van der Waals surface area contributed by atoms with Gasteiger partial charge in [0.15, 0.2) is 29.0 Å². The number of pyridine rings is 1. The van der Waals surface area contributed by atoms with Gasteiger partial charge in [-0.1, -0.05) is 55.2 Å². The number of ether oxygens (including phenoxy) is 4. The molecule has 6 fully saturated rings. The van der Waals surface area contributed by atoms with Gasteiger partial charge in [0, 0.05) is 105 Å². The fraction of sp³-hybridized carbons (Fsp3) is 0.542. The van der Waals surface area contributed by atoms with E-state index in [1.807, 2.05) is 37.5 Å². The number of nitrogens with zero attached hydrogens (tertiary/aromatic N) is 3. The quantitative estimate of drug-likeness (QED) is 0.0300. The van der Waals surface area contributed by atoms with Crippen LogP contribution in [0, 0.1) is 70.0 Å². The molecule has 5 aromatic rings. The summed E-state index contributed by atoms with van der Waals surface area (Å²) in [6.45, 7) is 3.74. The van der Waals surface area contributed by atoms with Crippen LogP contribution in [0.1, 0.15) is 132 Å². The molecule has 8 heterocycles. The van der Waals surface area contributed by atoms with Crippen molar-refractivity contribution in [1.29, 1.82) is 0 Å². The van der Waals surface area contributed by atoms with E-state index in [9.17, 15) is 25.2 Å². The molecule has 5 aliphatic heterocycles. The van der Waals surface area contributed by atoms with Crippen molar-refractivity contribution >= 4 is 22.8 Å². The number of allylic oxidation sites excluding steroid dienone is 2. The minimum atomic E-state index is -1.07. The van der Waals surface area contributed by atoms with Gasteiger partial charge >= 0.3 is 5.97 Å². The van der Waals surface area contributed by atoms with Crippen molar-refractivity contribution in [2.45, 2.75) is 164 Å². The number of carbonyl (C=O) groups excluding carboxylic acids is 1. The lowest BCUT2D eigenvalue weighted by Crippen LogP contribution is -2.75. The molecule has 1 spiro atoms. The number of hydrogen-bond donors (Lipinski definition) is 11. The summed E-state index contributed by atoms with van der Waals surface area (Å²) in [4.78, 5) is 26.8. The Morgan fingerprint density at radius 2 is 1.88 bits per heavy atom. The van der Waals surface area contributed by atoms with E-state index in [0.717, 1.165) is 86.4 Å². The van der Waals surface area contributed by atoms with Crippen LogP contribution in [0.15, 0.2) is 108 Å². The second-order valence-corrected chi connectivity index (χ2v) is 27.6. The lowest BCUT2D eigenvalue weighted by molar-refractivity contribution is -0.219. The summed E-state index contributed by atoms with van der Waals surface area (Å²) in [7, 11) is 2.04. The molecule has 9 aliphatic rings. The Morgan fingerprint density at radius 3 is 2.73 bits per heavy atom. The molecule has 4 bridgehead atoms. The molecule has 2 saturated heterocycles. The number of dihydropyridines is 1. The monoisotopic (exact) mass is 1240 g/mol. The van der Waals surface area contributed by atoms with E-state index in [2.05, 4.69) is 95.4 Å². The molecule has 4 aliphatic carbocycles. The lowest BCUT2D eigenvalue weighted by Gasteiger charge is -2.57. The van der Waals surface area contributed by atoms with E-state index in [0.29, 0.717) is 93.5 Å². The number of fused-ring (bicyclic) bond motifs is 5. The number of carbonyl (C=O) groups is 1. The molecule has 3 aromatic heterocycles. The summed E-state index contributed by atoms with van der Waals surface area (Å²) in [6, 6.07) is 14.7. The van der Waals surface area contributed by atoms with Gasteiger partial charge in [0.05, 0.1) is 47.5 Å². The van der Waals surface area contributed by atoms with Gasteiger partial charge in [0.25, 0.3) is 0 Å². The maximum absolute atomic E-state index is 13.6. The number of aromatic amines is 1. The van der Waals surface area contributed by atoms with Crippen LogP contribution in [-0.2, 0) is 27.1 Å². The van der Waals surface area contributed by atoms with Gasteiger partial charge in [0.1, 0.15) is 24.6 Å². The highest BCUT2D eigenvalue weighted by Gasteiger charge is 2.61. The zero-order chi connectivity index (χ0) is 62.4. The highest BCUT2D eigenvalue weighted by Crippen LogP contribution is 2.58. The van der Waals surface area contributed by atoms with Crippen molar-refractivity contribution < 1.29 is 44.2 Å². The number of nitrogens with one attached hydrogen (secondary N) is 6. The predicted octanol–water partition coefficient (Wildman–Crippen LogP) is 8.39. The van der Waals surface area contributed by atoms with Gasteiger partial charge < -0.3 is 75.9 Å². The Kier molecular flexibility index (Phi) is 16.9. The van der Waals surface area contributed by atoms with Crippen molar-refractivity contribution in [3.63, 3.8) is 0 Å². The SMILES string of the molecule is CNC[C@@H]1CCC[C@@]1(CN=C1N[C@H](n2cc3cc[nH]c3c2)[C@@H]2[C@@H](O)N[C@H]3CCCC[C@@H]3C#CC[C@@]34Cc5ccc(O)c(c5)O[C@H]5CCC[C@]2(N1)[C@@H]5C#C[C@@H]3CC[C@H]1[C@@H](OC(C)=O)C[C@@H](c2cc(O)c(O)c(OCCc3cccnc3)c2)O[C@H]14)CC1=CCNC(N)=C1. The van der Waals surface area contributed by atoms with Crippen molar-refractivity contribution in [2.75, 3.05) is 33.3 Å². The first-order valence-electron chi connectivity index (χ1n) is 33.4. The normalized spacial score (nSPS) is 34.5. The number of H-pyrrole nitrogens is 1. The molecule has 14 rings (SSSR count). The zero-order valence-corrected chi connectivity index (χ0v) is 52.3. The Hall–Kier alpha value is -7.81. The third-order valence-electron chi connectivity index (χ3n) is 22.2. The van der Waals surface area contributed by atoms with Crippen LogP contribution in [-0.4, -0.2) is 116 Å². The first-order chi connectivity index (χ1) is 44.3. The molecule has 12 N–H and O–H groups in total. The summed E-state index contributed by atoms with van der Waals surface area (Å²) in [5, 5.41) is 68.4. The van der Waals surface area contributed by atoms with Gasteiger partial charge in [-0.3, -0.25) is 20.1 Å². The predicted molar refractivity (Wildman–Crippen MR) is 345 cm³/mol. The minimum Gasteiger partial charge on any atom is -0.504 e. The number of rotatable bonds is 13. The molecule has 0 unspecified atom stereocenters. The number of phenols is 3. The van der Waals surface area contributed by atoms with Gasteiger partial charge in [-0.2, -0.15) is 0 Å². The largest absolute Gasteiger partial charge is 0.504 e. The smallest absolute Gasteiger partial charge is 0.302 e.